The molecule has 0 aromatic heterocycles. The summed E-state index contributed by atoms with van der Waals surface area (Å²) >= 11 is 6.17. The lowest BCUT2D eigenvalue weighted by molar-refractivity contribution is 0.644. The number of halogens is 1. The Labute approximate surface area is 84.1 Å². The van der Waals surface area contributed by atoms with Crippen LogP contribution in [0.15, 0.2) is 18.2 Å². The summed E-state index contributed by atoms with van der Waals surface area (Å²) in [5.74, 6) is 0. The summed E-state index contributed by atoms with van der Waals surface area (Å²) < 4.78 is 0. The average Bonchev–Trinajstić information content (AvgIpc) is 2.57. The first-order valence-electron chi connectivity index (χ1n) is 4.77. The molecule has 0 amide bonds. The summed E-state index contributed by atoms with van der Waals surface area (Å²) in [5, 5.41) is 4.37. The molecule has 2 heteroatoms. The van der Waals surface area contributed by atoms with E-state index in [9.17, 15) is 0 Å². The van der Waals surface area contributed by atoms with E-state index in [0.29, 0.717) is 6.04 Å². The lowest BCUT2D eigenvalue weighted by atomic mass is 10.0. The fraction of sp³-hybridized carbons (Fsp3) is 0.455. The first-order valence-corrected chi connectivity index (χ1v) is 5.15. The smallest absolute Gasteiger partial charge is 0.0456 e. The minimum Gasteiger partial charge on any atom is -0.310 e. The summed E-state index contributed by atoms with van der Waals surface area (Å²) in [4.78, 5) is 0. The normalized spacial score (nSPS) is 22.2. The highest BCUT2D eigenvalue weighted by atomic mass is 35.5. The van der Waals surface area contributed by atoms with Crippen LogP contribution in [0, 0.1) is 6.92 Å². The molecule has 2 rings (SSSR count). The zero-order valence-electron chi connectivity index (χ0n) is 7.81. The van der Waals surface area contributed by atoms with Crippen LogP contribution < -0.4 is 5.32 Å². The topological polar surface area (TPSA) is 12.0 Å². The van der Waals surface area contributed by atoms with Crippen molar-refractivity contribution >= 4 is 11.6 Å². The van der Waals surface area contributed by atoms with Crippen molar-refractivity contribution in [3.8, 4) is 0 Å². The third kappa shape index (κ3) is 1.72. The first kappa shape index (κ1) is 9.04. The van der Waals surface area contributed by atoms with Gasteiger partial charge in [-0.05, 0) is 43.5 Å². The Kier molecular flexibility index (Phi) is 2.56. The number of hydrogen-bond donors (Lipinski definition) is 1. The minimum absolute atomic E-state index is 0.480. The molecule has 70 valence electrons. The maximum absolute atomic E-state index is 6.17. The second kappa shape index (κ2) is 3.69. The Bertz CT molecular complexity index is 283. The molecule has 1 aromatic carbocycles. The summed E-state index contributed by atoms with van der Waals surface area (Å²) in [6, 6.07) is 6.59. The van der Waals surface area contributed by atoms with Crippen molar-refractivity contribution in [2.45, 2.75) is 25.8 Å². The Hall–Kier alpha value is -0.530. The lowest BCUT2D eigenvalue weighted by Crippen LogP contribution is -2.14. The van der Waals surface area contributed by atoms with Gasteiger partial charge in [0.2, 0.25) is 0 Å². The van der Waals surface area contributed by atoms with Gasteiger partial charge >= 0.3 is 0 Å². The van der Waals surface area contributed by atoms with E-state index in [2.05, 4.69) is 18.3 Å². The van der Waals surface area contributed by atoms with Crippen molar-refractivity contribution in [3.63, 3.8) is 0 Å². The molecular weight excluding hydrogens is 182 g/mol. The molecule has 1 nitrogen and oxygen atoms in total. The number of rotatable bonds is 1. The van der Waals surface area contributed by atoms with Crippen molar-refractivity contribution < 1.29 is 0 Å². The van der Waals surface area contributed by atoms with E-state index in [0.717, 1.165) is 11.6 Å². The predicted octanol–water partition coefficient (Wildman–Crippen LogP) is 3.07. The van der Waals surface area contributed by atoms with E-state index in [-0.39, 0.29) is 0 Å². The van der Waals surface area contributed by atoms with Crippen molar-refractivity contribution in [1.29, 1.82) is 0 Å². The molecule has 1 aromatic rings. The Morgan fingerprint density at radius 1 is 1.46 bits per heavy atom. The third-order valence-electron chi connectivity index (χ3n) is 2.68. The molecule has 13 heavy (non-hydrogen) atoms. The molecule has 1 aliphatic heterocycles. The van der Waals surface area contributed by atoms with Gasteiger partial charge in [-0.15, -0.1) is 0 Å². The number of nitrogens with one attached hydrogen (secondary N) is 1. The molecule has 1 fully saturated rings. The van der Waals surface area contributed by atoms with Crippen molar-refractivity contribution in [2.24, 2.45) is 0 Å². The highest BCUT2D eigenvalue weighted by Gasteiger charge is 2.19. The van der Waals surface area contributed by atoms with Gasteiger partial charge in [0, 0.05) is 11.1 Å². The second-order valence-corrected chi connectivity index (χ2v) is 4.03. The van der Waals surface area contributed by atoms with E-state index in [1.807, 2.05) is 12.1 Å². The van der Waals surface area contributed by atoms with Crippen LogP contribution in [0.2, 0.25) is 5.02 Å². The van der Waals surface area contributed by atoms with E-state index < -0.39 is 0 Å². The molecular formula is C11H14ClN. The SMILES string of the molecule is Cc1cccc(Cl)c1[C@H]1CCCN1. The van der Waals surface area contributed by atoms with Gasteiger partial charge in [0.25, 0.3) is 0 Å². The summed E-state index contributed by atoms with van der Waals surface area (Å²) in [7, 11) is 0. The van der Waals surface area contributed by atoms with E-state index >= 15 is 0 Å². The van der Waals surface area contributed by atoms with Gasteiger partial charge in [-0.3, -0.25) is 0 Å². The van der Waals surface area contributed by atoms with Crippen LogP contribution >= 0.6 is 11.6 Å². The van der Waals surface area contributed by atoms with Crippen LogP contribution in [0.4, 0.5) is 0 Å². The third-order valence-corrected chi connectivity index (χ3v) is 3.01. The Morgan fingerprint density at radius 3 is 2.92 bits per heavy atom. The standard InChI is InChI=1S/C11H14ClN/c1-8-4-2-5-9(12)11(8)10-6-3-7-13-10/h2,4-5,10,13H,3,6-7H2,1H3/t10-/m1/s1. The minimum atomic E-state index is 0.480. The van der Waals surface area contributed by atoms with Gasteiger partial charge in [0.15, 0.2) is 0 Å². The Morgan fingerprint density at radius 2 is 2.31 bits per heavy atom. The van der Waals surface area contributed by atoms with E-state index in [1.165, 1.54) is 24.0 Å². The zero-order valence-corrected chi connectivity index (χ0v) is 8.56. The van der Waals surface area contributed by atoms with E-state index in [1.54, 1.807) is 0 Å². The highest BCUT2D eigenvalue weighted by molar-refractivity contribution is 6.31. The molecule has 0 bridgehead atoms. The van der Waals surface area contributed by atoms with Crippen LogP contribution in [-0.4, -0.2) is 6.54 Å². The van der Waals surface area contributed by atoms with Gasteiger partial charge in [0.1, 0.15) is 0 Å². The molecule has 1 atom stereocenters. The predicted molar refractivity (Wildman–Crippen MR) is 56.2 cm³/mol. The van der Waals surface area contributed by atoms with Crippen molar-refractivity contribution in [2.75, 3.05) is 6.54 Å². The fourth-order valence-corrected chi connectivity index (χ4v) is 2.37. The summed E-state index contributed by atoms with van der Waals surface area (Å²) in [6.07, 6.45) is 2.47. The van der Waals surface area contributed by atoms with Gasteiger partial charge in [-0.25, -0.2) is 0 Å². The molecule has 1 saturated heterocycles. The second-order valence-electron chi connectivity index (χ2n) is 3.62. The van der Waals surface area contributed by atoms with Crippen LogP contribution in [0.25, 0.3) is 0 Å². The summed E-state index contributed by atoms with van der Waals surface area (Å²) in [6.45, 7) is 3.25. The number of benzene rings is 1. The molecule has 1 aliphatic rings. The van der Waals surface area contributed by atoms with Gasteiger partial charge in [-0.1, -0.05) is 23.7 Å². The fourth-order valence-electron chi connectivity index (χ4n) is 2.02. The monoisotopic (exact) mass is 195 g/mol. The van der Waals surface area contributed by atoms with Gasteiger partial charge < -0.3 is 5.32 Å². The molecule has 0 saturated carbocycles. The average molecular weight is 196 g/mol. The van der Waals surface area contributed by atoms with Crippen LogP contribution in [-0.2, 0) is 0 Å². The summed E-state index contributed by atoms with van der Waals surface area (Å²) in [5.41, 5.74) is 2.59. The van der Waals surface area contributed by atoms with Crippen molar-refractivity contribution in [3.05, 3.63) is 34.3 Å². The molecule has 1 N–H and O–H groups in total. The van der Waals surface area contributed by atoms with E-state index in [4.69, 9.17) is 11.6 Å². The maximum Gasteiger partial charge on any atom is 0.0456 e. The molecule has 0 spiro atoms. The quantitative estimate of drug-likeness (QED) is 0.727. The molecule has 0 unspecified atom stereocenters. The Balaban J connectivity index is 2.37. The van der Waals surface area contributed by atoms with Crippen molar-refractivity contribution in [1.82, 2.24) is 5.32 Å². The number of hydrogen-bond acceptors (Lipinski definition) is 1. The zero-order chi connectivity index (χ0) is 9.26. The largest absolute Gasteiger partial charge is 0.310 e. The molecule has 0 aliphatic carbocycles. The van der Waals surface area contributed by atoms with Crippen LogP contribution in [0.3, 0.4) is 0 Å². The van der Waals surface area contributed by atoms with Crippen LogP contribution in [0.1, 0.15) is 30.0 Å². The molecule has 1 heterocycles. The van der Waals surface area contributed by atoms with Gasteiger partial charge in [-0.2, -0.15) is 0 Å². The first-order chi connectivity index (χ1) is 6.29. The molecule has 0 radical (unpaired) electrons. The highest BCUT2D eigenvalue weighted by Crippen LogP contribution is 2.31. The van der Waals surface area contributed by atoms with Crippen LogP contribution in [0.5, 0.6) is 0 Å². The van der Waals surface area contributed by atoms with Gasteiger partial charge in [0.05, 0.1) is 0 Å². The number of aryl methyl sites for hydroxylation is 1. The maximum atomic E-state index is 6.17. The lowest BCUT2D eigenvalue weighted by Gasteiger charge is -2.15.